The summed E-state index contributed by atoms with van der Waals surface area (Å²) in [5.41, 5.74) is 6.26. The van der Waals surface area contributed by atoms with Crippen LogP contribution in [0.5, 0.6) is 0 Å². The second-order valence-electron chi connectivity index (χ2n) is 4.55. The van der Waals surface area contributed by atoms with Crippen molar-refractivity contribution >= 4 is 23.4 Å². The van der Waals surface area contributed by atoms with Crippen molar-refractivity contribution in [3.63, 3.8) is 0 Å². The molecule has 0 aromatic carbocycles. The van der Waals surface area contributed by atoms with Crippen molar-refractivity contribution in [1.82, 2.24) is 9.88 Å². The molecule has 0 saturated heterocycles. The number of anilines is 2. The number of amides is 1. The van der Waals surface area contributed by atoms with Crippen molar-refractivity contribution in [2.24, 2.45) is 0 Å². The van der Waals surface area contributed by atoms with Crippen molar-refractivity contribution in [3.05, 3.63) is 17.8 Å². The molecule has 21 heavy (non-hydrogen) atoms. The molecule has 7 heteroatoms. The molecular weight excluding hydrogens is 272 g/mol. The minimum Gasteiger partial charge on any atom is -0.465 e. The standard InChI is InChI=1S/C14H22N4O3/c1-5-18(6-2)12(19)9-17(3)13-11(14(20)21-4)7-10(15)8-16-13/h7-8H,5-6,9,15H2,1-4H3. The topological polar surface area (TPSA) is 88.8 Å². The van der Waals surface area contributed by atoms with E-state index < -0.39 is 5.97 Å². The van der Waals surface area contributed by atoms with Crippen molar-refractivity contribution in [2.75, 3.05) is 44.4 Å². The predicted octanol–water partition coefficient (Wildman–Crippen LogP) is 0.755. The van der Waals surface area contributed by atoms with E-state index in [1.807, 2.05) is 13.8 Å². The number of esters is 1. The summed E-state index contributed by atoms with van der Waals surface area (Å²) in [6.45, 7) is 5.25. The van der Waals surface area contributed by atoms with Crippen LogP contribution in [0.2, 0.25) is 0 Å². The van der Waals surface area contributed by atoms with Crippen LogP contribution in [0.1, 0.15) is 24.2 Å². The molecule has 1 aromatic rings. The van der Waals surface area contributed by atoms with Gasteiger partial charge in [-0.1, -0.05) is 0 Å². The number of nitrogen functional groups attached to an aromatic ring is 1. The number of methoxy groups -OCH3 is 1. The Morgan fingerprint density at radius 2 is 1.95 bits per heavy atom. The third-order valence-electron chi connectivity index (χ3n) is 3.14. The zero-order valence-electron chi connectivity index (χ0n) is 12.9. The number of hydrogen-bond donors (Lipinski definition) is 1. The van der Waals surface area contributed by atoms with Crippen LogP contribution in [0.3, 0.4) is 0 Å². The number of hydrogen-bond acceptors (Lipinski definition) is 6. The SMILES string of the molecule is CCN(CC)C(=O)CN(C)c1ncc(N)cc1C(=O)OC. The van der Waals surface area contributed by atoms with Gasteiger partial charge < -0.3 is 20.3 Å². The molecule has 0 spiro atoms. The average Bonchev–Trinajstić information content (AvgIpc) is 2.47. The number of ether oxygens (including phenoxy) is 1. The summed E-state index contributed by atoms with van der Waals surface area (Å²) in [6.07, 6.45) is 1.44. The van der Waals surface area contributed by atoms with Gasteiger partial charge in [0.25, 0.3) is 0 Å². The van der Waals surface area contributed by atoms with Gasteiger partial charge in [0.1, 0.15) is 11.4 Å². The lowest BCUT2D eigenvalue weighted by Gasteiger charge is -2.24. The Kier molecular flexibility index (Phi) is 5.95. The highest BCUT2D eigenvalue weighted by Crippen LogP contribution is 2.20. The largest absolute Gasteiger partial charge is 0.465 e. The molecule has 0 fully saturated rings. The number of rotatable bonds is 6. The third kappa shape index (κ3) is 4.08. The minimum absolute atomic E-state index is 0.0306. The van der Waals surface area contributed by atoms with Gasteiger partial charge in [-0.2, -0.15) is 0 Å². The lowest BCUT2D eigenvalue weighted by molar-refractivity contribution is -0.129. The molecule has 0 aliphatic rings. The molecular formula is C14H22N4O3. The van der Waals surface area contributed by atoms with E-state index >= 15 is 0 Å². The predicted molar refractivity (Wildman–Crippen MR) is 81.2 cm³/mol. The van der Waals surface area contributed by atoms with Gasteiger partial charge in [-0.15, -0.1) is 0 Å². The van der Waals surface area contributed by atoms with Crippen LogP contribution in [0, 0.1) is 0 Å². The zero-order chi connectivity index (χ0) is 16.0. The fraction of sp³-hybridized carbons (Fsp3) is 0.500. The number of nitrogens with zero attached hydrogens (tertiary/aromatic N) is 3. The molecule has 0 aliphatic heterocycles. The number of aromatic nitrogens is 1. The molecule has 2 N–H and O–H groups in total. The number of likely N-dealkylation sites (N-methyl/N-ethyl adjacent to an activating group) is 2. The first-order valence-electron chi connectivity index (χ1n) is 6.77. The highest BCUT2D eigenvalue weighted by atomic mass is 16.5. The van der Waals surface area contributed by atoms with Crippen molar-refractivity contribution < 1.29 is 14.3 Å². The number of carbonyl (C=O) groups is 2. The second kappa shape index (κ2) is 7.47. The Hall–Kier alpha value is -2.31. The Bertz CT molecular complexity index is 515. The minimum atomic E-state index is -0.535. The van der Waals surface area contributed by atoms with E-state index in [2.05, 4.69) is 4.98 Å². The summed E-state index contributed by atoms with van der Waals surface area (Å²) in [5.74, 6) is -0.194. The molecule has 0 bridgehead atoms. The second-order valence-corrected chi connectivity index (χ2v) is 4.55. The van der Waals surface area contributed by atoms with Crippen molar-refractivity contribution in [3.8, 4) is 0 Å². The highest BCUT2D eigenvalue weighted by molar-refractivity contribution is 5.96. The fourth-order valence-corrected chi connectivity index (χ4v) is 1.99. The Morgan fingerprint density at radius 3 is 2.48 bits per heavy atom. The molecule has 0 saturated carbocycles. The first-order valence-corrected chi connectivity index (χ1v) is 6.77. The van der Waals surface area contributed by atoms with Crippen LogP contribution in [0.4, 0.5) is 11.5 Å². The Balaban J connectivity index is 2.99. The number of nitrogens with two attached hydrogens (primary N) is 1. The summed E-state index contributed by atoms with van der Waals surface area (Å²) in [7, 11) is 2.99. The van der Waals surface area contributed by atoms with Gasteiger partial charge in [-0.3, -0.25) is 4.79 Å². The smallest absolute Gasteiger partial charge is 0.341 e. The molecule has 0 radical (unpaired) electrons. The Morgan fingerprint density at radius 1 is 1.33 bits per heavy atom. The third-order valence-corrected chi connectivity index (χ3v) is 3.14. The molecule has 116 valence electrons. The number of carbonyl (C=O) groups excluding carboxylic acids is 2. The van der Waals surface area contributed by atoms with Gasteiger partial charge in [0, 0.05) is 20.1 Å². The summed E-state index contributed by atoms with van der Waals surface area (Å²) < 4.78 is 4.72. The zero-order valence-corrected chi connectivity index (χ0v) is 12.9. The van der Waals surface area contributed by atoms with E-state index in [-0.39, 0.29) is 18.0 Å². The highest BCUT2D eigenvalue weighted by Gasteiger charge is 2.20. The summed E-state index contributed by atoms with van der Waals surface area (Å²) in [5, 5.41) is 0. The van der Waals surface area contributed by atoms with Crippen LogP contribution in [0.25, 0.3) is 0 Å². The summed E-state index contributed by atoms with van der Waals surface area (Å²) >= 11 is 0. The van der Waals surface area contributed by atoms with Gasteiger partial charge in [0.2, 0.25) is 5.91 Å². The lowest BCUT2D eigenvalue weighted by Crippen LogP contribution is -2.39. The lowest BCUT2D eigenvalue weighted by atomic mass is 10.2. The van der Waals surface area contributed by atoms with E-state index in [9.17, 15) is 9.59 Å². The van der Waals surface area contributed by atoms with Crippen LogP contribution in [0.15, 0.2) is 12.3 Å². The normalized spacial score (nSPS) is 10.1. The van der Waals surface area contributed by atoms with Crippen LogP contribution >= 0.6 is 0 Å². The van der Waals surface area contributed by atoms with E-state index in [1.54, 1.807) is 16.8 Å². The quantitative estimate of drug-likeness (QED) is 0.779. The van der Waals surface area contributed by atoms with E-state index in [0.29, 0.717) is 24.6 Å². The van der Waals surface area contributed by atoms with Gasteiger partial charge >= 0.3 is 5.97 Å². The monoisotopic (exact) mass is 294 g/mol. The molecule has 1 aromatic heterocycles. The molecule has 1 amide bonds. The van der Waals surface area contributed by atoms with Gasteiger partial charge in [-0.05, 0) is 19.9 Å². The van der Waals surface area contributed by atoms with E-state index in [0.717, 1.165) is 0 Å². The average molecular weight is 294 g/mol. The number of pyridine rings is 1. The van der Waals surface area contributed by atoms with Crippen molar-refractivity contribution in [2.45, 2.75) is 13.8 Å². The van der Waals surface area contributed by atoms with Crippen LogP contribution in [-0.4, -0.2) is 55.6 Å². The van der Waals surface area contributed by atoms with E-state index in [4.69, 9.17) is 10.5 Å². The van der Waals surface area contributed by atoms with Gasteiger partial charge in [-0.25, -0.2) is 9.78 Å². The van der Waals surface area contributed by atoms with Gasteiger partial charge in [0.15, 0.2) is 0 Å². The first-order chi connectivity index (χ1) is 9.94. The molecule has 7 nitrogen and oxygen atoms in total. The summed E-state index contributed by atoms with van der Waals surface area (Å²) in [6, 6.07) is 1.49. The Labute approximate surface area is 124 Å². The summed E-state index contributed by atoms with van der Waals surface area (Å²) in [4.78, 5) is 31.4. The molecule has 1 rings (SSSR count). The maximum Gasteiger partial charge on any atom is 0.341 e. The van der Waals surface area contributed by atoms with Gasteiger partial charge in [0.05, 0.1) is 25.5 Å². The van der Waals surface area contributed by atoms with Crippen molar-refractivity contribution in [1.29, 1.82) is 0 Å². The maximum absolute atomic E-state index is 12.1. The molecule has 0 atom stereocenters. The maximum atomic E-state index is 12.1. The first kappa shape index (κ1) is 16.7. The molecule has 0 aliphatic carbocycles. The molecule has 1 heterocycles. The molecule has 0 unspecified atom stereocenters. The van der Waals surface area contributed by atoms with E-state index in [1.165, 1.54) is 19.4 Å². The fourth-order valence-electron chi connectivity index (χ4n) is 1.99. The van der Waals surface area contributed by atoms with Crippen LogP contribution in [-0.2, 0) is 9.53 Å². The van der Waals surface area contributed by atoms with Crippen LogP contribution < -0.4 is 10.6 Å².